The summed E-state index contributed by atoms with van der Waals surface area (Å²) in [6.07, 6.45) is 7.99. The van der Waals surface area contributed by atoms with Crippen LogP contribution in [-0.4, -0.2) is 22.7 Å². The minimum atomic E-state index is -0.155. The number of nitrogens with one attached hydrogen (secondary N) is 1. The van der Waals surface area contributed by atoms with Crippen molar-refractivity contribution in [1.82, 2.24) is 10.3 Å². The van der Waals surface area contributed by atoms with Crippen molar-refractivity contribution < 1.29 is 5.11 Å². The fourth-order valence-corrected chi connectivity index (χ4v) is 2.58. The average molecular weight is 234 g/mol. The average Bonchev–Trinajstić information content (AvgIpc) is 2.35. The number of rotatable bonds is 4. The summed E-state index contributed by atoms with van der Waals surface area (Å²) in [4.78, 5) is 4.09. The van der Waals surface area contributed by atoms with E-state index in [2.05, 4.69) is 23.3 Å². The van der Waals surface area contributed by atoms with Crippen LogP contribution in [0, 0.1) is 5.41 Å². The summed E-state index contributed by atoms with van der Waals surface area (Å²) in [5, 5.41) is 13.5. The highest BCUT2D eigenvalue weighted by Gasteiger charge is 2.34. The van der Waals surface area contributed by atoms with Gasteiger partial charge in [0.2, 0.25) is 0 Å². The summed E-state index contributed by atoms with van der Waals surface area (Å²) >= 11 is 0. The Morgan fingerprint density at radius 2 is 2.41 bits per heavy atom. The van der Waals surface area contributed by atoms with E-state index in [1.54, 1.807) is 6.20 Å². The van der Waals surface area contributed by atoms with Crippen molar-refractivity contribution in [2.45, 2.75) is 45.3 Å². The van der Waals surface area contributed by atoms with Gasteiger partial charge in [0.05, 0.1) is 6.10 Å². The standard InChI is InChI=1S/C14H22N2O/c1-14(7-3-2-6-13(14)17)11-16-10-12-5-4-8-15-9-12/h4-5,8-9,13,16-17H,2-3,6-7,10-11H2,1H3. The maximum Gasteiger partial charge on any atom is 0.0605 e. The molecule has 0 aromatic carbocycles. The number of hydrogen-bond acceptors (Lipinski definition) is 3. The third-order valence-electron chi connectivity index (χ3n) is 3.86. The fourth-order valence-electron chi connectivity index (χ4n) is 2.58. The third-order valence-corrected chi connectivity index (χ3v) is 3.86. The van der Waals surface area contributed by atoms with Gasteiger partial charge in [-0.25, -0.2) is 0 Å². The molecule has 2 atom stereocenters. The van der Waals surface area contributed by atoms with Gasteiger partial charge in [-0.3, -0.25) is 4.98 Å². The van der Waals surface area contributed by atoms with Crippen LogP contribution in [0.25, 0.3) is 0 Å². The molecule has 1 aromatic heterocycles. The van der Waals surface area contributed by atoms with Gasteiger partial charge in [0.15, 0.2) is 0 Å². The van der Waals surface area contributed by atoms with Crippen molar-refractivity contribution in [2.75, 3.05) is 6.54 Å². The summed E-state index contributed by atoms with van der Waals surface area (Å²) in [7, 11) is 0. The lowest BCUT2D eigenvalue weighted by atomic mass is 9.73. The Kier molecular flexibility index (Phi) is 4.13. The molecule has 3 heteroatoms. The maximum absolute atomic E-state index is 10.1. The van der Waals surface area contributed by atoms with E-state index < -0.39 is 0 Å². The Morgan fingerprint density at radius 3 is 3.12 bits per heavy atom. The summed E-state index contributed by atoms with van der Waals surface area (Å²) in [6, 6.07) is 4.02. The van der Waals surface area contributed by atoms with Crippen LogP contribution in [0.4, 0.5) is 0 Å². The summed E-state index contributed by atoms with van der Waals surface area (Å²) in [5.74, 6) is 0. The maximum atomic E-state index is 10.1. The van der Waals surface area contributed by atoms with E-state index in [1.165, 1.54) is 18.4 Å². The molecule has 94 valence electrons. The highest BCUT2D eigenvalue weighted by Crippen LogP contribution is 2.35. The van der Waals surface area contributed by atoms with Crippen LogP contribution in [0.15, 0.2) is 24.5 Å². The van der Waals surface area contributed by atoms with E-state index in [-0.39, 0.29) is 11.5 Å². The fraction of sp³-hybridized carbons (Fsp3) is 0.643. The first-order valence-corrected chi connectivity index (χ1v) is 6.48. The molecule has 17 heavy (non-hydrogen) atoms. The quantitative estimate of drug-likeness (QED) is 0.838. The molecule has 1 aromatic rings. The Hall–Kier alpha value is -0.930. The lowest BCUT2D eigenvalue weighted by Gasteiger charge is -2.38. The molecule has 3 nitrogen and oxygen atoms in total. The Balaban J connectivity index is 1.81. The molecule has 1 aliphatic rings. The second-order valence-corrected chi connectivity index (χ2v) is 5.38. The molecule has 1 saturated carbocycles. The minimum absolute atomic E-state index is 0.0421. The number of hydrogen-bond donors (Lipinski definition) is 2. The molecular formula is C14H22N2O. The van der Waals surface area contributed by atoms with Gasteiger partial charge in [0.1, 0.15) is 0 Å². The normalized spacial score (nSPS) is 29.2. The molecule has 0 aliphatic heterocycles. The second-order valence-electron chi connectivity index (χ2n) is 5.38. The summed E-state index contributed by atoms with van der Waals surface area (Å²) < 4.78 is 0. The van der Waals surface area contributed by atoms with Gasteiger partial charge in [0, 0.05) is 30.9 Å². The topological polar surface area (TPSA) is 45.2 Å². The van der Waals surface area contributed by atoms with Crippen molar-refractivity contribution >= 4 is 0 Å². The van der Waals surface area contributed by atoms with E-state index in [4.69, 9.17) is 0 Å². The van der Waals surface area contributed by atoms with Gasteiger partial charge in [-0.15, -0.1) is 0 Å². The predicted octanol–water partition coefficient (Wildman–Crippen LogP) is 2.11. The van der Waals surface area contributed by atoms with Crippen molar-refractivity contribution in [1.29, 1.82) is 0 Å². The zero-order valence-electron chi connectivity index (χ0n) is 10.5. The van der Waals surface area contributed by atoms with Gasteiger partial charge in [-0.2, -0.15) is 0 Å². The highest BCUT2D eigenvalue weighted by molar-refractivity contribution is 5.08. The van der Waals surface area contributed by atoms with E-state index >= 15 is 0 Å². The van der Waals surface area contributed by atoms with Crippen molar-refractivity contribution in [3.8, 4) is 0 Å². The summed E-state index contributed by atoms with van der Waals surface area (Å²) in [6.45, 7) is 3.90. The van der Waals surface area contributed by atoms with Crippen molar-refractivity contribution in [3.63, 3.8) is 0 Å². The first-order chi connectivity index (χ1) is 8.21. The summed E-state index contributed by atoms with van der Waals surface area (Å²) in [5.41, 5.74) is 1.24. The molecule has 0 spiro atoms. The monoisotopic (exact) mass is 234 g/mol. The van der Waals surface area contributed by atoms with Crippen LogP contribution in [-0.2, 0) is 6.54 Å². The van der Waals surface area contributed by atoms with Crippen LogP contribution in [0.1, 0.15) is 38.2 Å². The minimum Gasteiger partial charge on any atom is -0.393 e. The lowest BCUT2D eigenvalue weighted by Crippen LogP contribution is -2.43. The van der Waals surface area contributed by atoms with Gasteiger partial charge < -0.3 is 10.4 Å². The second kappa shape index (κ2) is 5.61. The zero-order valence-corrected chi connectivity index (χ0v) is 10.5. The molecule has 0 bridgehead atoms. The smallest absolute Gasteiger partial charge is 0.0605 e. The molecular weight excluding hydrogens is 212 g/mol. The van der Waals surface area contributed by atoms with E-state index in [0.717, 1.165) is 25.9 Å². The van der Waals surface area contributed by atoms with Crippen molar-refractivity contribution in [3.05, 3.63) is 30.1 Å². The SMILES string of the molecule is CC1(CNCc2cccnc2)CCCCC1O. The molecule has 0 radical (unpaired) electrons. The first-order valence-electron chi connectivity index (χ1n) is 6.48. The molecule has 2 unspecified atom stereocenters. The lowest BCUT2D eigenvalue weighted by molar-refractivity contribution is 0.00115. The van der Waals surface area contributed by atoms with E-state index in [9.17, 15) is 5.11 Å². The molecule has 0 amide bonds. The largest absolute Gasteiger partial charge is 0.393 e. The molecule has 2 N–H and O–H groups in total. The van der Waals surface area contributed by atoms with Gasteiger partial charge >= 0.3 is 0 Å². The molecule has 1 aliphatic carbocycles. The van der Waals surface area contributed by atoms with E-state index in [1.807, 2.05) is 12.3 Å². The van der Waals surface area contributed by atoms with Gasteiger partial charge in [-0.05, 0) is 24.5 Å². The van der Waals surface area contributed by atoms with Crippen LogP contribution < -0.4 is 5.32 Å². The molecule has 1 heterocycles. The number of aromatic nitrogens is 1. The van der Waals surface area contributed by atoms with Gasteiger partial charge in [0.25, 0.3) is 0 Å². The van der Waals surface area contributed by atoms with Crippen LogP contribution >= 0.6 is 0 Å². The Labute approximate surface area is 103 Å². The third kappa shape index (κ3) is 3.27. The Morgan fingerprint density at radius 1 is 1.53 bits per heavy atom. The van der Waals surface area contributed by atoms with Crippen LogP contribution in [0.5, 0.6) is 0 Å². The van der Waals surface area contributed by atoms with Crippen LogP contribution in [0.2, 0.25) is 0 Å². The van der Waals surface area contributed by atoms with Gasteiger partial charge in [-0.1, -0.05) is 25.8 Å². The number of pyridine rings is 1. The number of aliphatic hydroxyl groups excluding tert-OH is 1. The molecule has 0 saturated heterocycles. The van der Waals surface area contributed by atoms with Crippen molar-refractivity contribution in [2.24, 2.45) is 5.41 Å². The van der Waals surface area contributed by atoms with E-state index in [0.29, 0.717) is 0 Å². The predicted molar refractivity (Wildman–Crippen MR) is 68.5 cm³/mol. The first kappa shape index (κ1) is 12.5. The number of aliphatic hydroxyl groups is 1. The molecule has 2 rings (SSSR count). The van der Waals surface area contributed by atoms with Crippen LogP contribution in [0.3, 0.4) is 0 Å². The number of nitrogens with zero attached hydrogens (tertiary/aromatic N) is 1. The Bertz CT molecular complexity index is 341. The highest BCUT2D eigenvalue weighted by atomic mass is 16.3. The zero-order chi connectivity index (χ0) is 12.1. The molecule has 1 fully saturated rings.